The fraction of sp³-hybridized carbons (Fsp3) is 0. The minimum Gasteiger partial charge on any atom is -0.313 e. The first kappa shape index (κ1) is 17.0. The van der Waals surface area contributed by atoms with Crippen LogP contribution in [0.2, 0.25) is 5.15 Å². The Labute approximate surface area is 158 Å². The zero-order valence-electron chi connectivity index (χ0n) is 12.0. The third-order valence-electron chi connectivity index (χ3n) is 3.15. The Morgan fingerprint density at radius 3 is 2.21 bits per heavy atom. The Hall–Kier alpha value is -1.83. The van der Waals surface area contributed by atoms with Gasteiger partial charge in [0.15, 0.2) is 0 Å². The maximum Gasteiger partial charge on any atom is 0.258 e. The van der Waals surface area contributed by atoms with Crippen molar-refractivity contribution in [1.82, 2.24) is 19.9 Å². The van der Waals surface area contributed by atoms with Gasteiger partial charge in [0, 0.05) is 14.3 Å². The molecule has 0 amide bonds. The van der Waals surface area contributed by atoms with Crippen LogP contribution in [-0.4, -0.2) is 19.9 Å². The average molecular weight is 469 g/mol. The summed E-state index contributed by atoms with van der Waals surface area (Å²) in [6.07, 6.45) is 2.86. The van der Waals surface area contributed by atoms with E-state index < -0.39 is 0 Å². The van der Waals surface area contributed by atoms with Gasteiger partial charge < -0.3 is 4.98 Å². The quantitative estimate of drug-likeness (QED) is 0.379. The highest BCUT2D eigenvalue weighted by Gasteiger charge is 2.00. The molecule has 0 unspecified atom stereocenters. The predicted octanol–water partition coefficient (Wildman–Crippen LogP) is 4.73. The van der Waals surface area contributed by atoms with Gasteiger partial charge in [-0.25, -0.2) is 15.0 Å². The van der Waals surface area contributed by atoms with E-state index in [4.69, 9.17) is 11.6 Å². The fourth-order valence-electron chi connectivity index (χ4n) is 2.04. The predicted molar refractivity (Wildman–Crippen MR) is 102 cm³/mol. The van der Waals surface area contributed by atoms with E-state index in [1.165, 1.54) is 12.7 Å². The maximum absolute atomic E-state index is 11.2. The van der Waals surface area contributed by atoms with E-state index in [9.17, 15) is 4.79 Å². The molecular formula is C16H9Br2ClN4O. The number of rotatable bonds is 0. The van der Waals surface area contributed by atoms with Crippen molar-refractivity contribution >= 4 is 65.3 Å². The molecule has 2 heterocycles. The van der Waals surface area contributed by atoms with Crippen LogP contribution < -0.4 is 5.56 Å². The third-order valence-corrected chi connectivity index (χ3v) is 4.44. The Morgan fingerprint density at radius 1 is 0.875 bits per heavy atom. The van der Waals surface area contributed by atoms with Crippen molar-refractivity contribution in [1.29, 1.82) is 0 Å². The molecule has 0 saturated carbocycles. The van der Waals surface area contributed by atoms with Crippen LogP contribution in [0.15, 0.2) is 62.8 Å². The number of H-pyrrole nitrogens is 1. The van der Waals surface area contributed by atoms with Crippen LogP contribution in [0.3, 0.4) is 0 Å². The van der Waals surface area contributed by atoms with Gasteiger partial charge in [-0.15, -0.1) is 0 Å². The molecule has 0 atom stereocenters. The van der Waals surface area contributed by atoms with Gasteiger partial charge >= 0.3 is 0 Å². The van der Waals surface area contributed by atoms with Crippen molar-refractivity contribution < 1.29 is 0 Å². The minimum atomic E-state index is -0.104. The van der Waals surface area contributed by atoms with Crippen molar-refractivity contribution in [2.45, 2.75) is 0 Å². The molecule has 0 aliphatic carbocycles. The highest BCUT2D eigenvalue weighted by atomic mass is 79.9. The number of fused-ring (bicyclic) bond motifs is 2. The molecule has 4 aromatic rings. The number of aromatic nitrogens is 4. The van der Waals surface area contributed by atoms with Crippen molar-refractivity contribution in [2.75, 3.05) is 0 Å². The van der Waals surface area contributed by atoms with Crippen LogP contribution in [-0.2, 0) is 0 Å². The Morgan fingerprint density at radius 2 is 1.50 bits per heavy atom. The molecule has 0 fully saturated rings. The number of benzene rings is 2. The number of aromatic amines is 1. The van der Waals surface area contributed by atoms with Crippen LogP contribution in [0.1, 0.15) is 0 Å². The lowest BCUT2D eigenvalue weighted by Gasteiger charge is -1.97. The lowest BCUT2D eigenvalue weighted by atomic mass is 10.2. The van der Waals surface area contributed by atoms with Gasteiger partial charge in [0.2, 0.25) is 0 Å². The molecule has 0 saturated heterocycles. The van der Waals surface area contributed by atoms with E-state index in [0.29, 0.717) is 16.1 Å². The summed E-state index contributed by atoms with van der Waals surface area (Å²) in [5.74, 6) is 0. The van der Waals surface area contributed by atoms with Gasteiger partial charge in [-0.2, -0.15) is 0 Å². The zero-order valence-corrected chi connectivity index (χ0v) is 15.9. The first-order chi connectivity index (χ1) is 11.5. The van der Waals surface area contributed by atoms with Crippen LogP contribution in [0.5, 0.6) is 0 Å². The summed E-state index contributed by atoms with van der Waals surface area (Å²) in [5.41, 5.74) is 1.45. The number of hydrogen-bond donors (Lipinski definition) is 1. The summed E-state index contributed by atoms with van der Waals surface area (Å²) < 4.78 is 1.91. The van der Waals surface area contributed by atoms with Crippen LogP contribution in [0, 0.1) is 0 Å². The van der Waals surface area contributed by atoms with E-state index in [-0.39, 0.29) is 5.56 Å². The topological polar surface area (TPSA) is 71.5 Å². The molecule has 0 spiro atoms. The fourth-order valence-corrected chi connectivity index (χ4v) is 2.94. The van der Waals surface area contributed by atoms with Crippen LogP contribution in [0.25, 0.3) is 21.8 Å². The van der Waals surface area contributed by atoms with E-state index in [1.807, 2.05) is 30.3 Å². The highest BCUT2D eigenvalue weighted by Crippen LogP contribution is 2.22. The van der Waals surface area contributed by atoms with E-state index in [2.05, 4.69) is 51.8 Å². The number of nitrogens with zero attached hydrogens (tertiary/aromatic N) is 3. The first-order valence-corrected chi connectivity index (χ1v) is 8.70. The van der Waals surface area contributed by atoms with Gasteiger partial charge in [-0.05, 0) is 36.4 Å². The number of hydrogen-bond acceptors (Lipinski definition) is 4. The molecule has 8 heteroatoms. The molecule has 1 N–H and O–H groups in total. The number of nitrogens with one attached hydrogen (secondary N) is 1. The summed E-state index contributed by atoms with van der Waals surface area (Å²) >= 11 is 12.5. The molecule has 0 aliphatic heterocycles. The summed E-state index contributed by atoms with van der Waals surface area (Å²) in [6.45, 7) is 0. The molecule has 0 bridgehead atoms. The lowest BCUT2D eigenvalue weighted by Crippen LogP contribution is -2.05. The Balaban J connectivity index is 0.000000141. The molecule has 0 radical (unpaired) electrons. The summed E-state index contributed by atoms with van der Waals surface area (Å²) in [7, 11) is 0. The van der Waals surface area contributed by atoms with Crippen molar-refractivity contribution in [3.8, 4) is 0 Å². The maximum atomic E-state index is 11.2. The molecule has 5 nitrogen and oxygen atoms in total. The van der Waals surface area contributed by atoms with Gasteiger partial charge in [-0.3, -0.25) is 4.79 Å². The van der Waals surface area contributed by atoms with Gasteiger partial charge in [0.25, 0.3) is 5.56 Å². The van der Waals surface area contributed by atoms with Gasteiger partial charge in [0.05, 0.1) is 22.7 Å². The SMILES string of the molecule is Clc1ncnc2cc(Br)ccc12.O=c1[nH]cnc2cc(Br)ccc12. The lowest BCUT2D eigenvalue weighted by molar-refractivity contribution is 1.17. The molecule has 2 aromatic carbocycles. The smallest absolute Gasteiger partial charge is 0.258 e. The molecule has 120 valence electrons. The molecule has 2 aromatic heterocycles. The second-order valence-electron chi connectivity index (χ2n) is 4.72. The Kier molecular flexibility index (Phi) is 5.23. The molecular weight excluding hydrogens is 459 g/mol. The van der Waals surface area contributed by atoms with Crippen molar-refractivity contribution in [3.63, 3.8) is 0 Å². The second-order valence-corrected chi connectivity index (χ2v) is 6.91. The largest absolute Gasteiger partial charge is 0.313 e. The van der Waals surface area contributed by atoms with Gasteiger partial charge in [0.1, 0.15) is 11.5 Å². The summed E-state index contributed by atoms with van der Waals surface area (Å²) in [4.78, 5) is 25.7. The normalized spacial score (nSPS) is 10.5. The monoisotopic (exact) mass is 466 g/mol. The van der Waals surface area contributed by atoms with Crippen LogP contribution >= 0.6 is 43.5 Å². The summed E-state index contributed by atoms with van der Waals surface area (Å²) in [6, 6.07) is 11.1. The summed E-state index contributed by atoms with van der Waals surface area (Å²) in [5, 5.41) is 1.98. The number of halogens is 3. The van der Waals surface area contributed by atoms with E-state index in [0.717, 1.165) is 19.8 Å². The highest BCUT2D eigenvalue weighted by molar-refractivity contribution is 9.10. The zero-order chi connectivity index (χ0) is 17.1. The standard InChI is InChI=1S/C8H4BrClN2.C8H5BrN2O/c9-5-1-2-6-7(3-5)11-4-12-8(6)10;9-5-1-2-6-7(3-5)10-4-11-8(6)12/h1-4H;1-4H,(H,10,11,12). The first-order valence-electron chi connectivity index (χ1n) is 6.73. The molecule has 0 aliphatic rings. The van der Waals surface area contributed by atoms with Gasteiger partial charge in [-0.1, -0.05) is 43.5 Å². The second kappa shape index (κ2) is 7.38. The molecule has 24 heavy (non-hydrogen) atoms. The van der Waals surface area contributed by atoms with Crippen molar-refractivity contribution in [3.05, 3.63) is 73.5 Å². The van der Waals surface area contributed by atoms with E-state index in [1.54, 1.807) is 6.07 Å². The average Bonchev–Trinajstić information content (AvgIpc) is 2.55. The Bertz CT molecular complexity index is 1080. The third kappa shape index (κ3) is 3.80. The van der Waals surface area contributed by atoms with E-state index >= 15 is 0 Å². The van der Waals surface area contributed by atoms with Crippen LogP contribution in [0.4, 0.5) is 0 Å². The minimum absolute atomic E-state index is 0.104. The molecule has 4 rings (SSSR count). The van der Waals surface area contributed by atoms with Crippen molar-refractivity contribution in [2.24, 2.45) is 0 Å².